The van der Waals surface area contributed by atoms with Gasteiger partial charge in [0.15, 0.2) is 0 Å². The molecule has 0 aliphatic heterocycles. The Morgan fingerprint density at radius 2 is 1.82 bits per heavy atom. The molecule has 0 saturated carbocycles. The molecule has 168 valence electrons. The fourth-order valence-corrected chi connectivity index (χ4v) is 3.57. The van der Waals surface area contributed by atoms with Crippen molar-refractivity contribution >= 4 is 16.8 Å². The number of halogens is 2. The molecule has 1 aromatic heterocycles. The van der Waals surface area contributed by atoms with Crippen LogP contribution in [-0.4, -0.2) is 21.7 Å². The molecule has 0 unspecified atom stereocenters. The second-order valence-corrected chi connectivity index (χ2v) is 7.89. The lowest BCUT2D eigenvalue weighted by molar-refractivity contribution is -0.118. The molecule has 0 fully saturated rings. The summed E-state index contributed by atoms with van der Waals surface area (Å²) in [4.78, 5) is 12.2. The van der Waals surface area contributed by atoms with Crippen LogP contribution in [0.2, 0.25) is 0 Å². The van der Waals surface area contributed by atoms with E-state index in [2.05, 4.69) is 17.0 Å². The maximum absolute atomic E-state index is 13.9. The van der Waals surface area contributed by atoms with Gasteiger partial charge in [0.05, 0.1) is 23.4 Å². The van der Waals surface area contributed by atoms with Crippen molar-refractivity contribution in [2.45, 2.75) is 26.0 Å². The number of benzene rings is 3. The van der Waals surface area contributed by atoms with E-state index < -0.39 is 18.0 Å². The normalized spacial score (nSPS) is 12.8. The van der Waals surface area contributed by atoms with Gasteiger partial charge in [-0.15, -0.1) is 0 Å². The van der Waals surface area contributed by atoms with Gasteiger partial charge in [-0.05, 0) is 74.0 Å². The maximum atomic E-state index is 13.9. The van der Waals surface area contributed by atoms with Crippen LogP contribution in [0.4, 0.5) is 8.78 Å². The molecule has 2 atom stereocenters. The van der Waals surface area contributed by atoms with Crippen molar-refractivity contribution in [3.63, 3.8) is 0 Å². The number of hydrogen-bond donors (Lipinski definition) is 1. The zero-order chi connectivity index (χ0) is 23.5. The number of ether oxygens (including phenoxy) is 1. The summed E-state index contributed by atoms with van der Waals surface area (Å²) in [6, 6.07) is 17.1. The number of amides is 1. The molecule has 7 heteroatoms. The van der Waals surface area contributed by atoms with Crippen LogP contribution in [0, 0.1) is 11.6 Å². The molecule has 5 nitrogen and oxygen atoms in total. The fraction of sp³-hybridized carbons (Fsp3) is 0.154. The van der Waals surface area contributed by atoms with Crippen LogP contribution < -0.4 is 10.1 Å². The number of carbonyl (C=O) groups excluding carboxylic acids is 1. The molecule has 0 bridgehead atoms. The van der Waals surface area contributed by atoms with Gasteiger partial charge in [-0.2, -0.15) is 5.10 Å². The summed E-state index contributed by atoms with van der Waals surface area (Å²) >= 11 is 0. The summed E-state index contributed by atoms with van der Waals surface area (Å²) in [5.41, 5.74) is 2.51. The van der Waals surface area contributed by atoms with Crippen LogP contribution in [0.5, 0.6) is 5.75 Å². The number of nitrogens with one attached hydrogen (secondary N) is 1. The first-order valence-electron chi connectivity index (χ1n) is 10.4. The third-order valence-corrected chi connectivity index (χ3v) is 5.25. The Morgan fingerprint density at radius 1 is 1.06 bits per heavy atom. The lowest BCUT2D eigenvalue weighted by atomic mass is 10.0. The molecule has 1 heterocycles. The van der Waals surface area contributed by atoms with E-state index in [1.165, 1.54) is 24.3 Å². The quantitative estimate of drug-likeness (QED) is 0.381. The first-order valence-corrected chi connectivity index (χ1v) is 10.4. The summed E-state index contributed by atoms with van der Waals surface area (Å²) in [6.45, 7) is 7.07. The number of hydrogen-bond acceptors (Lipinski definition) is 3. The molecule has 1 N–H and O–H groups in total. The Labute approximate surface area is 190 Å². The Morgan fingerprint density at radius 3 is 2.52 bits per heavy atom. The molecule has 3 aromatic carbocycles. The summed E-state index contributed by atoms with van der Waals surface area (Å²) in [6.07, 6.45) is 1.04. The Hall–Kier alpha value is -4.00. The molecule has 0 aliphatic carbocycles. The highest BCUT2D eigenvalue weighted by atomic mass is 19.1. The van der Waals surface area contributed by atoms with Gasteiger partial charge >= 0.3 is 0 Å². The second-order valence-electron chi connectivity index (χ2n) is 7.89. The van der Waals surface area contributed by atoms with E-state index in [-0.39, 0.29) is 11.7 Å². The molecule has 0 aliphatic rings. The van der Waals surface area contributed by atoms with Crippen molar-refractivity contribution in [3.05, 3.63) is 102 Å². The van der Waals surface area contributed by atoms with Crippen LogP contribution in [-0.2, 0) is 4.79 Å². The first-order chi connectivity index (χ1) is 15.8. The van der Waals surface area contributed by atoms with Crippen molar-refractivity contribution in [1.29, 1.82) is 0 Å². The number of carbonyl (C=O) groups is 1. The monoisotopic (exact) mass is 447 g/mol. The zero-order valence-electron chi connectivity index (χ0n) is 18.3. The largest absolute Gasteiger partial charge is 0.484 e. The average molecular weight is 447 g/mol. The van der Waals surface area contributed by atoms with Crippen molar-refractivity contribution in [3.8, 4) is 11.4 Å². The van der Waals surface area contributed by atoms with Crippen molar-refractivity contribution in [1.82, 2.24) is 15.1 Å². The van der Waals surface area contributed by atoms with Gasteiger partial charge in [-0.3, -0.25) is 4.79 Å². The van der Waals surface area contributed by atoms with E-state index in [0.717, 1.165) is 16.6 Å². The van der Waals surface area contributed by atoms with Gasteiger partial charge in [-0.25, -0.2) is 13.5 Å². The summed E-state index contributed by atoms with van der Waals surface area (Å²) in [7, 11) is 0. The standard InChI is InChI=1S/C26H23F2N3O2/c1-16(2)26(32)30-17(3)25(18-5-4-6-21(28)13-18)33-23-11-12-24-19(14-23)15-29-31(24)22-9-7-20(27)8-10-22/h4-15,17,25H,1H2,2-3H3,(H,30,32)/t17-,25-/m0/s1. The molecule has 0 radical (unpaired) electrons. The third kappa shape index (κ3) is 4.92. The number of aromatic nitrogens is 2. The van der Waals surface area contributed by atoms with E-state index >= 15 is 0 Å². The minimum absolute atomic E-state index is 0.302. The molecule has 4 aromatic rings. The first kappa shape index (κ1) is 22.2. The Balaban J connectivity index is 1.65. The molecular formula is C26H23F2N3O2. The van der Waals surface area contributed by atoms with Gasteiger partial charge in [-0.1, -0.05) is 18.7 Å². The highest BCUT2D eigenvalue weighted by Gasteiger charge is 2.24. The lowest BCUT2D eigenvalue weighted by Crippen LogP contribution is -2.39. The van der Waals surface area contributed by atoms with Crippen molar-refractivity contribution in [2.75, 3.05) is 0 Å². The van der Waals surface area contributed by atoms with Gasteiger partial charge in [0.1, 0.15) is 23.5 Å². The van der Waals surface area contributed by atoms with Gasteiger partial charge in [0.25, 0.3) is 0 Å². The molecule has 33 heavy (non-hydrogen) atoms. The predicted molar refractivity (Wildman–Crippen MR) is 123 cm³/mol. The van der Waals surface area contributed by atoms with E-state index in [1.54, 1.807) is 55.1 Å². The topological polar surface area (TPSA) is 56.1 Å². The minimum atomic E-state index is -0.645. The van der Waals surface area contributed by atoms with Crippen LogP contribution in [0.3, 0.4) is 0 Å². The Kier molecular flexibility index (Phi) is 6.22. The maximum Gasteiger partial charge on any atom is 0.246 e. The summed E-state index contributed by atoms with van der Waals surface area (Å²) < 4.78 is 35.1. The van der Waals surface area contributed by atoms with Crippen molar-refractivity contribution in [2.24, 2.45) is 0 Å². The number of fused-ring (bicyclic) bond motifs is 1. The molecule has 1 amide bonds. The number of nitrogens with zero attached hydrogens (tertiary/aromatic N) is 2. The molecular weight excluding hydrogens is 424 g/mol. The molecule has 4 rings (SSSR count). The van der Waals surface area contributed by atoms with Crippen LogP contribution >= 0.6 is 0 Å². The highest BCUT2D eigenvalue weighted by Crippen LogP contribution is 2.29. The van der Waals surface area contributed by atoms with Gasteiger partial charge < -0.3 is 10.1 Å². The second kappa shape index (κ2) is 9.24. The van der Waals surface area contributed by atoms with Gasteiger partial charge in [0, 0.05) is 11.0 Å². The van der Waals surface area contributed by atoms with E-state index in [9.17, 15) is 13.6 Å². The van der Waals surface area contributed by atoms with Crippen LogP contribution in [0.25, 0.3) is 16.6 Å². The SMILES string of the molecule is C=C(C)C(=O)N[C@@H](C)[C@H](Oc1ccc2c(cnn2-c2ccc(F)cc2)c1)c1cccc(F)c1. The smallest absolute Gasteiger partial charge is 0.246 e. The summed E-state index contributed by atoms with van der Waals surface area (Å²) in [5.74, 6) is -0.479. The Bertz CT molecular complexity index is 1310. The molecule has 0 saturated heterocycles. The molecule has 0 spiro atoms. The highest BCUT2D eigenvalue weighted by molar-refractivity contribution is 5.92. The van der Waals surface area contributed by atoms with E-state index in [0.29, 0.717) is 16.9 Å². The van der Waals surface area contributed by atoms with Gasteiger partial charge in [0.2, 0.25) is 5.91 Å². The fourth-order valence-electron chi connectivity index (χ4n) is 3.57. The minimum Gasteiger partial charge on any atom is -0.484 e. The third-order valence-electron chi connectivity index (χ3n) is 5.25. The summed E-state index contributed by atoms with van der Waals surface area (Å²) in [5, 5.41) is 8.07. The van der Waals surface area contributed by atoms with Crippen LogP contribution in [0.1, 0.15) is 25.5 Å². The zero-order valence-corrected chi connectivity index (χ0v) is 18.3. The van der Waals surface area contributed by atoms with Crippen molar-refractivity contribution < 1.29 is 18.3 Å². The number of rotatable bonds is 7. The predicted octanol–water partition coefficient (Wildman–Crippen LogP) is 5.50. The van der Waals surface area contributed by atoms with Crippen LogP contribution in [0.15, 0.2) is 85.1 Å². The van der Waals surface area contributed by atoms with E-state index in [1.807, 2.05) is 12.1 Å². The lowest BCUT2D eigenvalue weighted by Gasteiger charge is -2.26. The average Bonchev–Trinajstić information content (AvgIpc) is 3.21. The van der Waals surface area contributed by atoms with E-state index in [4.69, 9.17) is 4.74 Å².